The molecule has 0 bridgehead atoms. The second kappa shape index (κ2) is 7.70. The minimum atomic E-state index is -0.300. The highest BCUT2D eigenvalue weighted by Gasteiger charge is 2.27. The molecule has 1 aliphatic rings. The summed E-state index contributed by atoms with van der Waals surface area (Å²) in [5, 5.41) is 0. The Kier molecular flexibility index (Phi) is 5.38. The maximum atomic E-state index is 13.2. The largest absolute Gasteiger partial charge is 0.367 e. The van der Waals surface area contributed by atoms with Crippen molar-refractivity contribution < 1.29 is 13.9 Å². The number of benzene rings is 1. The van der Waals surface area contributed by atoms with Crippen LogP contribution in [0, 0.1) is 19.7 Å². The van der Waals surface area contributed by atoms with Crippen LogP contribution in [0.4, 0.5) is 4.39 Å². The highest BCUT2D eigenvalue weighted by Crippen LogP contribution is 2.21. The van der Waals surface area contributed by atoms with Gasteiger partial charge in [0.2, 0.25) is 5.91 Å². The van der Waals surface area contributed by atoms with Crippen LogP contribution < -0.4 is 0 Å². The Morgan fingerprint density at radius 2 is 2.04 bits per heavy atom. The van der Waals surface area contributed by atoms with Gasteiger partial charge in [-0.15, -0.1) is 0 Å². The molecule has 1 fully saturated rings. The van der Waals surface area contributed by atoms with E-state index < -0.39 is 0 Å². The van der Waals surface area contributed by atoms with E-state index in [1.807, 2.05) is 26.0 Å². The fourth-order valence-corrected chi connectivity index (χ4v) is 3.03. The molecule has 1 amide bonds. The summed E-state index contributed by atoms with van der Waals surface area (Å²) < 4.78 is 19.0. The summed E-state index contributed by atoms with van der Waals surface area (Å²) in [7, 11) is 0. The number of hydrogen-bond donors (Lipinski definition) is 0. The van der Waals surface area contributed by atoms with E-state index in [0.717, 1.165) is 17.0 Å². The van der Waals surface area contributed by atoms with Crippen LogP contribution in [0.25, 0.3) is 0 Å². The van der Waals surface area contributed by atoms with Crippen molar-refractivity contribution in [3.8, 4) is 0 Å². The van der Waals surface area contributed by atoms with Crippen molar-refractivity contribution in [1.29, 1.82) is 0 Å². The summed E-state index contributed by atoms with van der Waals surface area (Å²) in [6.45, 7) is 5.31. The molecule has 1 aliphatic heterocycles. The van der Waals surface area contributed by atoms with Gasteiger partial charge in [0.25, 0.3) is 0 Å². The Labute approximate surface area is 146 Å². The third-order valence-electron chi connectivity index (χ3n) is 4.22. The van der Waals surface area contributed by atoms with E-state index in [2.05, 4.69) is 9.97 Å². The molecule has 1 saturated heterocycles. The average Bonchev–Trinajstić information content (AvgIpc) is 2.59. The van der Waals surface area contributed by atoms with Crippen LogP contribution in [0.15, 0.2) is 30.3 Å². The van der Waals surface area contributed by atoms with E-state index in [9.17, 15) is 9.18 Å². The minimum absolute atomic E-state index is 0.0435. The molecule has 2 aromatic rings. The number of amides is 1. The lowest BCUT2D eigenvalue weighted by Gasteiger charge is -2.32. The molecule has 0 N–H and O–H groups in total. The van der Waals surface area contributed by atoms with Crippen molar-refractivity contribution in [3.05, 3.63) is 58.9 Å². The van der Waals surface area contributed by atoms with Crippen molar-refractivity contribution in [3.63, 3.8) is 0 Å². The molecule has 2 heterocycles. The fourth-order valence-electron chi connectivity index (χ4n) is 3.03. The molecule has 1 aromatic heterocycles. The summed E-state index contributed by atoms with van der Waals surface area (Å²) in [4.78, 5) is 23.2. The molecular weight excluding hydrogens is 321 g/mol. The van der Waals surface area contributed by atoms with Crippen LogP contribution in [0.2, 0.25) is 0 Å². The van der Waals surface area contributed by atoms with E-state index in [4.69, 9.17) is 4.74 Å². The van der Waals surface area contributed by atoms with E-state index in [-0.39, 0.29) is 17.8 Å². The zero-order valence-electron chi connectivity index (χ0n) is 14.5. The van der Waals surface area contributed by atoms with Gasteiger partial charge in [-0.1, -0.05) is 12.1 Å². The van der Waals surface area contributed by atoms with Crippen LogP contribution in [0.3, 0.4) is 0 Å². The van der Waals surface area contributed by atoms with E-state index in [1.54, 1.807) is 11.0 Å². The number of carbonyl (C=O) groups is 1. The van der Waals surface area contributed by atoms with Crippen LogP contribution in [-0.4, -0.2) is 40.5 Å². The summed E-state index contributed by atoms with van der Waals surface area (Å²) in [5.41, 5.74) is 2.61. The Morgan fingerprint density at radius 1 is 1.28 bits per heavy atom. The Balaban J connectivity index is 1.61. The fraction of sp³-hybridized carbons (Fsp3) is 0.421. The number of nitrogens with zero attached hydrogens (tertiary/aromatic N) is 3. The second-order valence-electron chi connectivity index (χ2n) is 6.34. The van der Waals surface area contributed by atoms with E-state index in [0.29, 0.717) is 38.4 Å². The SMILES string of the molecule is Cc1cc(C)nc([C@@H]2CN(C(=O)CCc3cccc(F)c3)CCO2)n1. The van der Waals surface area contributed by atoms with Crippen LogP contribution in [0.5, 0.6) is 0 Å². The number of morpholine rings is 1. The highest BCUT2D eigenvalue weighted by molar-refractivity contribution is 5.76. The van der Waals surface area contributed by atoms with E-state index >= 15 is 0 Å². The lowest BCUT2D eigenvalue weighted by molar-refractivity contribution is -0.139. The third-order valence-corrected chi connectivity index (χ3v) is 4.22. The van der Waals surface area contributed by atoms with Gasteiger partial charge < -0.3 is 9.64 Å². The van der Waals surface area contributed by atoms with Crippen molar-refractivity contribution in [2.75, 3.05) is 19.7 Å². The van der Waals surface area contributed by atoms with Gasteiger partial charge in [0.1, 0.15) is 11.9 Å². The molecular formula is C19H22FN3O2. The van der Waals surface area contributed by atoms with Crippen molar-refractivity contribution in [1.82, 2.24) is 14.9 Å². The third kappa shape index (κ3) is 4.60. The van der Waals surface area contributed by atoms with Gasteiger partial charge in [-0.25, -0.2) is 14.4 Å². The molecule has 0 aliphatic carbocycles. The molecule has 132 valence electrons. The predicted molar refractivity (Wildman–Crippen MR) is 91.5 cm³/mol. The summed E-state index contributed by atoms with van der Waals surface area (Å²) in [6, 6.07) is 8.29. The molecule has 0 unspecified atom stereocenters. The normalized spacial score (nSPS) is 17.6. The van der Waals surface area contributed by atoms with Crippen molar-refractivity contribution in [2.24, 2.45) is 0 Å². The van der Waals surface area contributed by atoms with Gasteiger partial charge in [0.05, 0.1) is 13.2 Å². The smallest absolute Gasteiger partial charge is 0.223 e. The molecule has 3 rings (SSSR count). The number of carbonyl (C=O) groups excluding carboxylic acids is 1. The summed E-state index contributed by atoms with van der Waals surface area (Å²) in [6.07, 6.45) is 0.577. The van der Waals surface area contributed by atoms with Crippen LogP contribution in [-0.2, 0) is 16.0 Å². The number of hydrogen-bond acceptors (Lipinski definition) is 4. The van der Waals surface area contributed by atoms with Gasteiger partial charge in [0.15, 0.2) is 5.82 Å². The Bertz CT molecular complexity index is 746. The maximum Gasteiger partial charge on any atom is 0.223 e. The topological polar surface area (TPSA) is 55.3 Å². The zero-order chi connectivity index (χ0) is 17.8. The standard InChI is InChI=1S/C19H22FN3O2/c1-13-10-14(2)22-19(21-13)17-12-23(8-9-25-17)18(24)7-6-15-4-3-5-16(20)11-15/h3-5,10-11,17H,6-9,12H2,1-2H3/t17-/m0/s1. The Morgan fingerprint density at radius 3 is 2.76 bits per heavy atom. The molecule has 0 radical (unpaired) electrons. The number of rotatable bonds is 4. The predicted octanol–water partition coefficient (Wildman–Crippen LogP) is 2.77. The highest BCUT2D eigenvalue weighted by atomic mass is 19.1. The van der Waals surface area contributed by atoms with Crippen LogP contribution in [0.1, 0.15) is 35.3 Å². The van der Waals surface area contributed by atoms with Gasteiger partial charge in [-0.3, -0.25) is 4.79 Å². The first-order valence-electron chi connectivity index (χ1n) is 8.47. The first kappa shape index (κ1) is 17.5. The number of ether oxygens (including phenoxy) is 1. The van der Waals surface area contributed by atoms with Crippen molar-refractivity contribution in [2.45, 2.75) is 32.8 Å². The van der Waals surface area contributed by atoms with Gasteiger partial charge in [0, 0.05) is 24.4 Å². The van der Waals surface area contributed by atoms with Crippen molar-refractivity contribution >= 4 is 5.91 Å². The average molecular weight is 343 g/mol. The van der Waals surface area contributed by atoms with Gasteiger partial charge in [-0.05, 0) is 44.0 Å². The summed E-state index contributed by atoms with van der Waals surface area (Å²) in [5.74, 6) is 0.394. The number of aromatic nitrogens is 2. The second-order valence-corrected chi connectivity index (χ2v) is 6.34. The van der Waals surface area contributed by atoms with E-state index in [1.165, 1.54) is 12.1 Å². The maximum absolute atomic E-state index is 13.2. The zero-order valence-corrected chi connectivity index (χ0v) is 14.5. The first-order valence-corrected chi connectivity index (χ1v) is 8.47. The Hall–Kier alpha value is -2.34. The molecule has 6 heteroatoms. The minimum Gasteiger partial charge on any atom is -0.367 e. The molecule has 0 spiro atoms. The lowest BCUT2D eigenvalue weighted by atomic mass is 10.1. The molecule has 1 aromatic carbocycles. The first-order chi connectivity index (χ1) is 12.0. The molecule has 5 nitrogen and oxygen atoms in total. The number of halogens is 1. The number of aryl methyl sites for hydroxylation is 3. The quantitative estimate of drug-likeness (QED) is 0.857. The molecule has 0 saturated carbocycles. The lowest BCUT2D eigenvalue weighted by Crippen LogP contribution is -2.42. The van der Waals surface area contributed by atoms with Crippen LogP contribution >= 0.6 is 0 Å². The summed E-state index contributed by atoms with van der Waals surface area (Å²) >= 11 is 0. The van der Waals surface area contributed by atoms with Gasteiger partial charge >= 0.3 is 0 Å². The molecule has 25 heavy (non-hydrogen) atoms. The van der Waals surface area contributed by atoms with Gasteiger partial charge in [-0.2, -0.15) is 0 Å². The molecule has 1 atom stereocenters. The monoisotopic (exact) mass is 343 g/mol.